The standard InChI is InChI=1S/C25H17/c1-2-6-18-8-5-9-19-12-14-23-22-13-11-17-7-3-4-10-20(17)21(22)15-16-24(23)25(18)19/h2-16H,1H2. The van der Waals surface area contributed by atoms with Crippen molar-refractivity contribution in [2.45, 2.75) is 0 Å². The Labute approximate surface area is 147 Å². The molecule has 5 aromatic rings. The van der Waals surface area contributed by atoms with Gasteiger partial charge >= 0.3 is 0 Å². The molecule has 0 saturated carbocycles. The van der Waals surface area contributed by atoms with Crippen molar-refractivity contribution in [2.24, 2.45) is 0 Å². The number of hydrogen-bond donors (Lipinski definition) is 0. The van der Waals surface area contributed by atoms with Crippen molar-refractivity contribution in [2.75, 3.05) is 0 Å². The van der Waals surface area contributed by atoms with Gasteiger partial charge in [0.2, 0.25) is 0 Å². The monoisotopic (exact) mass is 317 g/mol. The Balaban J connectivity index is 1.98. The lowest BCUT2D eigenvalue weighted by Gasteiger charge is -2.12. The van der Waals surface area contributed by atoms with Crippen molar-refractivity contribution < 1.29 is 0 Å². The van der Waals surface area contributed by atoms with Crippen LogP contribution in [0.2, 0.25) is 0 Å². The first-order chi connectivity index (χ1) is 12.4. The van der Waals surface area contributed by atoms with Crippen LogP contribution in [0.5, 0.6) is 0 Å². The molecule has 0 nitrogen and oxygen atoms in total. The first kappa shape index (κ1) is 14.2. The summed E-state index contributed by atoms with van der Waals surface area (Å²) in [6.07, 6.45) is 3.95. The predicted molar refractivity (Wildman–Crippen MR) is 110 cm³/mol. The number of fused-ring (bicyclic) bond motifs is 7. The normalized spacial score (nSPS) is 11.5. The van der Waals surface area contributed by atoms with Crippen molar-refractivity contribution in [1.29, 1.82) is 0 Å². The Morgan fingerprint density at radius 2 is 1.16 bits per heavy atom. The van der Waals surface area contributed by atoms with Gasteiger partial charge in [0.25, 0.3) is 0 Å². The molecule has 117 valence electrons. The van der Waals surface area contributed by atoms with Crippen LogP contribution in [0.4, 0.5) is 0 Å². The summed E-state index contributed by atoms with van der Waals surface area (Å²) in [5, 5.41) is 10.4. The highest BCUT2D eigenvalue weighted by Crippen LogP contribution is 2.36. The van der Waals surface area contributed by atoms with E-state index in [1.54, 1.807) is 0 Å². The molecule has 25 heavy (non-hydrogen) atoms. The van der Waals surface area contributed by atoms with E-state index in [1.807, 2.05) is 6.08 Å². The van der Waals surface area contributed by atoms with Gasteiger partial charge in [0, 0.05) is 6.42 Å². The maximum Gasteiger partial charge on any atom is 0.0125 e. The van der Waals surface area contributed by atoms with Gasteiger partial charge in [-0.2, -0.15) is 0 Å². The van der Waals surface area contributed by atoms with E-state index in [-0.39, 0.29) is 0 Å². The molecular weight excluding hydrogens is 300 g/mol. The van der Waals surface area contributed by atoms with Crippen LogP contribution < -0.4 is 0 Å². The first-order valence-corrected chi connectivity index (χ1v) is 8.58. The zero-order valence-electron chi connectivity index (χ0n) is 13.9. The fourth-order valence-corrected chi connectivity index (χ4v) is 3.99. The summed E-state index contributed by atoms with van der Waals surface area (Å²) >= 11 is 0. The molecule has 0 aliphatic carbocycles. The second-order valence-electron chi connectivity index (χ2n) is 6.46. The molecule has 0 heterocycles. The number of hydrogen-bond acceptors (Lipinski definition) is 0. The van der Waals surface area contributed by atoms with Crippen LogP contribution in [0.1, 0.15) is 5.56 Å². The van der Waals surface area contributed by atoms with Crippen molar-refractivity contribution >= 4 is 43.1 Å². The fourth-order valence-electron chi connectivity index (χ4n) is 3.99. The Morgan fingerprint density at radius 3 is 2.04 bits per heavy atom. The van der Waals surface area contributed by atoms with E-state index in [0.29, 0.717) is 0 Å². The van der Waals surface area contributed by atoms with Crippen LogP contribution >= 0.6 is 0 Å². The molecule has 0 aliphatic rings. The molecule has 0 unspecified atom stereocenters. The van der Waals surface area contributed by atoms with Gasteiger partial charge < -0.3 is 0 Å². The minimum absolute atomic E-state index is 1.22. The largest absolute Gasteiger partial charge is 0.102 e. The highest BCUT2D eigenvalue weighted by Gasteiger charge is 2.09. The average Bonchev–Trinajstić information content (AvgIpc) is 2.67. The highest BCUT2D eigenvalue weighted by atomic mass is 14.1. The second kappa shape index (κ2) is 5.46. The lowest BCUT2D eigenvalue weighted by Crippen LogP contribution is -1.86. The third kappa shape index (κ3) is 2.08. The van der Waals surface area contributed by atoms with Gasteiger partial charge in [-0.05, 0) is 48.7 Å². The molecule has 0 aliphatic heterocycles. The molecule has 0 fully saturated rings. The lowest BCUT2D eigenvalue weighted by molar-refractivity contribution is 1.60. The molecule has 0 heteroatoms. The number of benzene rings is 5. The summed E-state index contributed by atoms with van der Waals surface area (Å²) in [5.74, 6) is 0. The summed E-state index contributed by atoms with van der Waals surface area (Å²) in [4.78, 5) is 0. The van der Waals surface area contributed by atoms with Crippen LogP contribution in [-0.2, 0) is 0 Å². The highest BCUT2D eigenvalue weighted by molar-refractivity contribution is 6.22. The molecule has 5 rings (SSSR count). The van der Waals surface area contributed by atoms with Crippen molar-refractivity contribution in [3.63, 3.8) is 0 Å². The Hall–Kier alpha value is -3.12. The molecule has 0 aromatic heterocycles. The quantitative estimate of drug-likeness (QED) is 0.306. The zero-order chi connectivity index (χ0) is 16.8. The van der Waals surface area contributed by atoms with Gasteiger partial charge in [-0.3, -0.25) is 0 Å². The van der Waals surface area contributed by atoms with Gasteiger partial charge in [0.1, 0.15) is 0 Å². The number of rotatable bonds is 2. The van der Waals surface area contributed by atoms with Gasteiger partial charge in [-0.25, -0.2) is 0 Å². The van der Waals surface area contributed by atoms with E-state index in [2.05, 4.69) is 91.9 Å². The summed E-state index contributed by atoms with van der Waals surface area (Å²) in [6.45, 7) is 3.87. The first-order valence-electron chi connectivity index (χ1n) is 8.58. The van der Waals surface area contributed by atoms with E-state index in [4.69, 9.17) is 0 Å². The molecule has 0 amide bonds. The van der Waals surface area contributed by atoms with Crippen molar-refractivity contribution in [3.05, 3.63) is 104 Å². The smallest absolute Gasteiger partial charge is 0.0125 e. The van der Waals surface area contributed by atoms with Gasteiger partial charge in [0.15, 0.2) is 0 Å². The Morgan fingerprint density at radius 1 is 0.520 bits per heavy atom. The molecule has 0 spiro atoms. The van der Waals surface area contributed by atoms with E-state index in [1.165, 1.54) is 48.7 Å². The molecule has 0 saturated heterocycles. The molecule has 1 radical (unpaired) electrons. The van der Waals surface area contributed by atoms with E-state index in [9.17, 15) is 0 Å². The molecular formula is C25H17. The SMILES string of the molecule is C=C[CH]c1cccc2ccc3c4ccc5ccccc5c4ccc3c12. The fraction of sp³-hybridized carbons (Fsp3) is 0. The average molecular weight is 317 g/mol. The zero-order valence-corrected chi connectivity index (χ0v) is 13.9. The molecule has 0 N–H and O–H groups in total. The summed E-state index contributed by atoms with van der Waals surface area (Å²) in [7, 11) is 0. The second-order valence-corrected chi connectivity index (χ2v) is 6.46. The number of allylic oxidation sites excluding steroid dienone is 1. The van der Waals surface area contributed by atoms with Crippen LogP contribution in [-0.4, -0.2) is 0 Å². The van der Waals surface area contributed by atoms with Gasteiger partial charge in [-0.1, -0.05) is 84.9 Å². The van der Waals surface area contributed by atoms with Crippen molar-refractivity contribution in [3.8, 4) is 0 Å². The van der Waals surface area contributed by atoms with Crippen molar-refractivity contribution in [1.82, 2.24) is 0 Å². The maximum atomic E-state index is 3.87. The minimum Gasteiger partial charge on any atom is -0.102 e. The van der Waals surface area contributed by atoms with E-state index >= 15 is 0 Å². The maximum absolute atomic E-state index is 3.87. The molecule has 0 atom stereocenters. The predicted octanol–water partition coefficient (Wildman–Crippen LogP) is 7.04. The Kier molecular flexibility index (Phi) is 3.11. The van der Waals surface area contributed by atoms with Crippen LogP contribution in [0.15, 0.2) is 91.5 Å². The van der Waals surface area contributed by atoms with Crippen LogP contribution in [0, 0.1) is 6.42 Å². The Bertz CT molecular complexity index is 1280. The topological polar surface area (TPSA) is 0 Å². The summed E-state index contributed by atoms with van der Waals surface area (Å²) < 4.78 is 0. The lowest BCUT2D eigenvalue weighted by atomic mass is 9.92. The van der Waals surface area contributed by atoms with Gasteiger partial charge in [0.05, 0.1) is 0 Å². The molecule has 0 bridgehead atoms. The third-order valence-electron chi connectivity index (χ3n) is 5.09. The third-order valence-corrected chi connectivity index (χ3v) is 5.09. The van der Waals surface area contributed by atoms with E-state index < -0.39 is 0 Å². The van der Waals surface area contributed by atoms with Crippen LogP contribution in [0.25, 0.3) is 43.1 Å². The summed E-state index contributed by atoms with van der Waals surface area (Å²) in [5.41, 5.74) is 1.22. The summed E-state index contributed by atoms with van der Waals surface area (Å²) in [6, 6.07) is 28.6. The minimum atomic E-state index is 1.22. The van der Waals surface area contributed by atoms with Crippen LogP contribution in [0.3, 0.4) is 0 Å². The van der Waals surface area contributed by atoms with Gasteiger partial charge in [-0.15, -0.1) is 6.58 Å². The van der Waals surface area contributed by atoms with E-state index in [0.717, 1.165) is 0 Å². The molecule has 5 aromatic carbocycles.